The normalized spacial score (nSPS) is 12.4. The minimum Gasteiger partial charge on any atom is -0.459 e. The Labute approximate surface area is 264 Å². The number of ether oxygens (including phenoxy) is 1. The van der Waals surface area contributed by atoms with Crippen molar-refractivity contribution in [1.29, 1.82) is 0 Å². The van der Waals surface area contributed by atoms with Crippen molar-refractivity contribution in [3.8, 4) is 0 Å². The van der Waals surface area contributed by atoms with Gasteiger partial charge in [-0.3, -0.25) is 24.4 Å². The van der Waals surface area contributed by atoms with E-state index in [1.54, 1.807) is 36.4 Å². The van der Waals surface area contributed by atoms with Gasteiger partial charge in [-0.05, 0) is 48.4 Å². The smallest absolute Gasteiger partial charge is 0.336 e. The highest BCUT2D eigenvalue weighted by Crippen LogP contribution is 2.17. The number of nitro groups is 1. The molecule has 0 aliphatic heterocycles. The van der Waals surface area contributed by atoms with Crippen LogP contribution in [0.5, 0.6) is 0 Å². The lowest BCUT2D eigenvalue weighted by Gasteiger charge is -2.26. The maximum absolute atomic E-state index is 13.3. The third-order valence-electron chi connectivity index (χ3n) is 6.37. The summed E-state index contributed by atoms with van der Waals surface area (Å²) in [5, 5.41) is 15.9. The van der Waals surface area contributed by atoms with Gasteiger partial charge >= 0.3 is 11.9 Å². The van der Waals surface area contributed by atoms with Crippen LogP contribution in [0.2, 0.25) is 0 Å². The predicted octanol–water partition coefficient (Wildman–Crippen LogP) is -1.64. The minimum absolute atomic E-state index is 0.0445. The number of guanidine groups is 2. The molecule has 0 saturated heterocycles. The third kappa shape index (κ3) is 11.7. The lowest BCUT2D eigenvalue weighted by molar-refractivity contribution is -0.484. The number of amides is 3. The number of hydrazine groups is 1. The van der Waals surface area contributed by atoms with Gasteiger partial charge in [0, 0.05) is 13.1 Å². The zero-order valence-electron chi connectivity index (χ0n) is 25.0. The highest BCUT2D eigenvalue weighted by molar-refractivity contribution is 6.08. The van der Waals surface area contributed by atoms with Gasteiger partial charge in [-0.1, -0.05) is 48.5 Å². The van der Waals surface area contributed by atoms with E-state index >= 15 is 0 Å². The Hall–Kier alpha value is -5.78. The van der Waals surface area contributed by atoms with Gasteiger partial charge in [-0.15, -0.1) is 0 Å². The van der Waals surface area contributed by atoms with Crippen LogP contribution in [-0.2, 0) is 30.5 Å². The van der Waals surface area contributed by atoms with E-state index in [2.05, 4.69) is 20.6 Å². The summed E-state index contributed by atoms with van der Waals surface area (Å²) in [6.07, 6.45) is -0.0666. The molecule has 2 aromatic rings. The van der Waals surface area contributed by atoms with Crippen LogP contribution in [0, 0.1) is 10.1 Å². The molecule has 18 heteroatoms. The van der Waals surface area contributed by atoms with Crippen molar-refractivity contribution in [1.82, 2.24) is 10.6 Å². The number of rotatable bonds is 18. The van der Waals surface area contributed by atoms with Crippen LogP contribution in [0.15, 0.2) is 70.6 Å². The Balaban J connectivity index is 2.17. The fourth-order valence-corrected chi connectivity index (χ4v) is 4.07. The first-order chi connectivity index (χ1) is 21.8. The average Bonchev–Trinajstić information content (AvgIpc) is 3.02. The van der Waals surface area contributed by atoms with Crippen LogP contribution < -0.4 is 44.3 Å². The zero-order valence-corrected chi connectivity index (χ0v) is 25.0. The molecule has 0 saturated carbocycles. The number of esters is 1. The molecule has 2 atom stereocenters. The number of benzene rings is 2. The second kappa shape index (κ2) is 18.1. The van der Waals surface area contributed by atoms with Crippen LogP contribution >= 0.6 is 0 Å². The second-order valence-electron chi connectivity index (χ2n) is 9.92. The summed E-state index contributed by atoms with van der Waals surface area (Å²) in [7, 11) is 0. The van der Waals surface area contributed by atoms with Crippen molar-refractivity contribution in [3.05, 3.63) is 76.3 Å². The molecule has 18 nitrogen and oxygen atoms in total. The van der Waals surface area contributed by atoms with E-state index in [0.29, 0.717) is 10.6 Å². The highest BCUT2D eigenvalue weighted by Gasteiger charge is 2.43. The summed E-state index contributed by atoms with van der Waals surface area (Å²) in [6.45, 7) is -0.778. The first-order valence-corrected chi connectivity index (χ1v) is 14.1. The Bertz CT molecular complexity index is 1400. The third-order valence-corrected chi connectivity index (χ3v) is 6.37. The molecular formula is C28H39N11O7. The Morgan fingerprint density at radius 1 is 0.913 bits per heavy atom. The second-order valence-corrected chi connectivity index (χ2v) is 9.92. The largest absolute Gasteiger partial charge is 0.459 e. The number of anilines is 1. The molecule has 248 valence electrons. The van der Waals surface area contributed by atoms with Gasteiger partial charge in [0.2, 0.25) is 5.91 Å². The van der Waals surface area contributed by atoms with Gasteiger partial charge in [-0.25, -0.2) is 14.9 Å². The quantitative estimate of drug-likeness (QED) is 0.0183. The minimum atomic E-state index is -2.24. The first-order valence-electron chi connectivity index (χ1n) is 14.1. The van der Waals surface area contributed by atoms with Crippen molar-refractivity contribution in [2.45, 2.75) is 43.9 Å². The zero-order chi connectivity index (χ0) is 34.1. The topological polar surface area (TPSA) is 303 Å². The van der Waals surface area contributed by atoms with E-state index in [9.17, 15) is 29.3 Å². The molecule has 2 aromatic carbocycles. The predicted molar refractivity (Wildman–Crippen MR) is 169 cm³/mol. The fraction of sp³-hybridized carbons (Fsp3) is 0.357. The first kappa shape index (κ1) is 36.4. The van der Waals surface area contributed by atoms with Crippen molar-refractivity contribution < 1.29 is 28.9 Å². The number of carbonyl (C=O) groups is 4. The van der Waals surface area contributed by atoms with Gasteiger partial charge in [0.05, 0.1) is 6.54 Å². The number of aliphatic imine (C=N–C) groups is 2. The maximum atomic E-state index is 13.3. The number of nitrogens with one attached hydrogen (secondary N) is 2. The molecule has 2 rings (SSSR count). The summed E-state index contributed by atoms with van der Waals surface area (Å²) in [4.78, 5) is 72.0. The van der Waals surface area contributed by atoms with Crippen LogP contribution in [0.1, 0.15) is 31.2 Å². The molecular weight excluding hydrogens is 602 g/mol. The number of nitrogens with zero attached hydrogens (tertiary/aromatic N) is 4. The van der Waals surface area contributed by atoms with Gasteiger partial charge in [0.15, 0.2) is 22.5 Å². The molecule has 0 spiro atoms. The molecule has 3 amide bonds. The van der Waals surface area contributed by atoms with E-state index < -0.39 is 46.8 Å². The van der Waals surface area contributed by atoms with Gasteiger partial charge in [0.1, 0.15) is 18.3 Å². The van der Waals surface area contributed by atoms with E-state index in [-0.39, 0.29) is 63.0 Å². The molecule has 0 aliphatic rings. The monoisotopic (exact) mass is 641 g/mol. The molecule has 0 heterocycles. The number of nitrogens with two attached hydrogens (primary N) is 5. The lowest BCUT2D eigenvalue weighted by atomic mass is 9.93. The van der Waals surface area contributed by atoms with Gasteiger partial charge in [0.25, 0.3) is 5.91 Å². The van der Waals surface area contributed by atoms with Crippen molar-refractivity contribution in [3.63, 3.8) is 0 Å². The maximum Gasteiger partial charge on any atom is 0.336 e. The molecule has 0 radical (unpaired) electrons. The fourth-order valence-electron chi connectivity index (χ4n) is 4.07. The molecule has 12 N–H and O–H groups in total. The van der Waals surface area contributed by atoms with Crippen molar-refractivity contribution in [2.24, 2.45) is 38.7 Å². The molecule has 0 aromatic heterocycles. The summed E-state index contributed by atoms with van der Waals surface area (Å²) in [5.41, 5.74) is 25.9. The van der Waals surface area contributed by atoms with Gasteiger partial charge < -0.3 is 44.0 Å². The van der Waals surface area contributed by atoms with Crippen LogP contribution in [-0.4, -0.2) is 71.9 Å². The number of para-hydroxylation sites is 1. The SMILES string of the molecule is NC(N)=NCCC[C@H](NC(=O)CNC(=O)[C@](N)(CCCN=C(N)N)C(=O)OCc1ccccc1)C(=O)N(c1ccccc1)[N+](=O)[O-]. The number of carbonyl (C=O) groups excluding carboxylic acids is 4. The summed E-state index contributed by atoms with van der Waals surface area (Å²) in [5.74, 6) is -4.45. The van der Waals surface area contributed by atoms with E-state index in [4.69, 9.17) is 33.4 Å². The van der Waals surface area contributed by atoms with Crippen molar-refractivity contribution in [2.75, 3.05) is 24.6 Å². The van der Waals surface area contributed by atoms with Crippen LogP contribution in [0.4, 0.5) is 5.69 Å². The van der Waals surface area contributed by atoms with E-state index in [1.165, 1.54) is 24.3 Å². The molecule has 0 unspecified atom stereocenters. The number of hydrogen-bond donors (Lipinski definition) is 7. The Morgan fingerprint density at radius 3 is 2.04 bits per heavy atom. The van der Waals surface area contributed by atoms with Gasteiger partial charge in [-0.2, -0.15) is 0 Å². The lowest BCUT2D eigenvalue weighted by Crippen LogP contribution is -2.61. The van der Waals surface area contributed by atoms with Crippen LogP contribution in [0.3, 0.4) is 0 Å². The summed E-state index contributed by atoms with van der Waals surface area (Å²) >= 11 is 0. The molecule has 0 aliphatic carbocycles. The van der Waals surface area contributed by atoms with Crippen LogP contribution in [0.25, 0.3) is 0 Å². The number of hydrogen-bond acceptors (Lipinski definition) is 10. The van der Waals surface area contributed by atoms with E-state index in [0.717, 1.165) is 0 Å². The highest BCUT2D eigenvalue weighted by atomic mass is 16.7. The average molecular weight is 642 g/mol. The summed E-state index contributed by atoms with van der Waals surface area (Å²) < 4.78 is 5.30. The summed E-state index contributed by atoms with van der Waals surface area (Å²) in [6, 6.07) is 14.6. The molecule has 46 heavy (non-hydrogen) atoms. The molecule has 0 fully saturated rings. The van der Waals surface area contributed by atoms with E-state index in [1.807, 2.05) is 0 Å². The van der Waals surface area contributed by atoms with Crippen molar-refractivity contribution >= 4 is 41.3 Å². The molecule has 0 bridgehead atoms. The Kier molecular flexibility index (Phi) is 14.3. The standard InChI is InChI=1S/C28H39N11O7/c29-26(30)34-15-7-13-21(23(41)38(39(44)45)20-11-5-2-6-12-20)37-22(40)17-36-24(42)28(33,14-8-16-35-27(31)32)25(43)46-18-19-9-3-1-4-10-19/h1-6,9-12,21H,7-8,13-18,33H2,(H,36,42)(H,37,40)(H4,29,30,34)(H4,31,32,35)/t21-,28+/m0/s1. The Morgan fingerprint density at radius 2 is 1.48 bits per heavy atom.